The zero-order valence-electron chi connectivity index (χ0n) is 13.8. The van der Waals surface area contributed by atoms with E-state index in [1.807, 2.05) is 42.5 Å². The lowest BCUT2D eigenvalue weighted by Crippen LogP contribution is -2.45. The zero-order valence-corrected chi connectivity index (χ0v) is 13.8. The topological polar surface area (TPSA) is 93.4 Å². The third-order valence-electron chi connectivity index (χ3n) is 4.22. The van der Waals surface area contributed by atoms with Crippen molar-refractivity contribution in [2.75, 3.05) is 13.2 Å². The van der Waals surface area contributed by atoms with Crippen LogP contribution in [0.25, 0.3) is 0 Å². The molecule has 130 valence electrons. The lowest BCUT2D eigenvalue weighted by Gasteiger charge is -2.29. The van der Waals surface area contributed by atoms with E-state index in [-0.39, 0.29) is 0 Å². The number of ether oxygens (including phenoxy) is 1. The highest BCUT2D eigenvalue weighted by molar-refractivity contribution is 6.09. The summed E-state index contributed by atoms with van der Waals surface area (Å²) >= 11 is 0. The van der Waals surface area contributed by atoms with Crippen LogP contribution in [0.5, 0.6) is 5.75 Å². The number of urea groups is 1. The van der Waals surface area contributed by atoms with E-state index in [0.29, 0.717) is 30.0 Å². The van der Waals surface area contributed by atoms with Crippen LogP contribution in [0.15, 0.2) is 54.6 Å². The molecule has 1 fully saturated rings. The molecule has 0 spiro atoms. The lowest BCUT2D eigenvalue weighted by molar-refractivity contribution is -0.122. The zero-order chi connectivity index (χ0) is 17.7. The van der Waals surface area contributed by atoms with Gasteiger partial charge in [0.1, 0.15) is 5.75 Å². The van der Waals surface area contributed by atoms with Crippen LogP contribution in [0.3, 0.4) is 0 Å². The number of rotatable bonds is 7. The lowest BCUT2D eigenvalue weighted by atomic mass is 9.82. The second-order valence-corrected chi connectivity index (χ2v) is 5.86. The summed E-state index contributed by atoms with van der Waals surface area (Å²) in [6.07, 6.45) is 1.69. The number of para-hydroxylation sites is 1. The first kappa shape index (κ1) is 17.0. The van der Waals surface area contributed by atoms with Crippen molar-refractivity contribution in [1.29, 1.82) is 0 Å². The maximum Gasteiger partial charge on any atom is 0.322 e. The molecule has 3 amide bonds. The normalized spacial score (nSPS) is 19.4. The first-order valence-electron chi connectivity index (χ1n) is 8.30. The van der Waals surface area contributed by atoms with Gasteiger partial charge < -0.3 is 15.8 Å². The number of amides is 3. The van der Waals surface area contributed by atoms with E-state index in [0.717, 1.165) is 12.8 Å². The van der Waals surface area contributed by atoms with Gasteiger partial charge in [0.15, 0.2) is 5.54 Å². The smallest absolute Gasteiger partial charge is 0.322 e. The monoisotopic (exact) mass is 339 g/mol. The van der Waals surface area contributed by atoms with Gasteiger partial charge in [-0.2, -0.15) is 0 Å². The average Bonchev–Trinajstić information content (AvgIpc) is 2.95. The Bertz CT molecular complexity index is 764. The fourth-order valence-electron chi connectivity index (χ4n) is 3.02. The van der Waals surface area contributed by atoms with Crippen LogP contribution in [0.1, 0.15) is 24.0 Å². The minimum absolute atomic E-state index is 0.415. The molecule has 1 atom stereocenters. The largest absolute Gasteiger partial charge is 0.493 e. The van der Waals surface area contributed by atoms with Gasteiger partial charge in [0, 0.05) is 5.56 Å². The summed E-state index contributed by atoms with van der Waals surface area (Å²) in [6.45, 7) is 1.10. The Hall–Kier alpha value is -2.86. The van der Waals surface area contributed by atoms with Crippen molar-refractivity contribution in [3.05, 3.63) is 65.7 Å². The summed E-state index contributed by atoms with van der Waals surface area (Å²) in [5, 5.41) is 5.14. The number of unbranched alkanes of at least 4 members (excludes halogenated alkanes) is 1. The number of carbonyl (C=O) groups excluding carboxylic acids is 2. The summed E-state index contributed by atoms with van der Waals surface area (Å²) < 4.78 is 5.89. The number of hydrogen-bond acceptors (Lipinski definition) is 4. The van der Waals surface area contributed by atoms with Gasteiger partial charge in [-0.15, -0.1) is 0 Å². The fourth-order valence-corrected chi connectivity index (χ4v) is 3.02. The highest BCUT2D eigenvalue weighted by atomic mass is 16.5. The van der Waals surface area contributed by atoms with E-state index in [2.05, 4.69) is 10.6 Å². The van der Waals surface area contributed by atoms with Gasteiger partial charge in [0.25, 0.3) is 5.91 Å². The second kappa shape index (κ2) is 7.36. The fraction of sp³-hybridized carbons (Fsp3) is 0.263. The first-order chi connectivity index (χ1) is 12.2. The van der Waals surface area contributed by atoms with Crippen molar-refractivity contribution >= 4 is 11.9 Å². The highest BCUT2D eigenvalue weighted by Crippen LogP contribution is 2.38. The summed E-state index contributed by atoms with van der Waals surface area (Å²) in [6, 6.07) is 15.9. The molecule has 3 rings (SSSR count). The van der Waals surface area contributed by atoms with Gasteiger partial charge in [-0.1, -0.05) is 48.5 Å². The van der Waals surface area contributed by atoms with Gasteiger partial charge in [0.05, 0.1) is 6.61 Å². The van der Waals surface area contributed by atoms with Gasteiger partial charge in [-0.05, 0) is 31.0 Å². The van der Waals surface area contributed by atoms with E-state index in [1.54, 1.807) is 12.1 Å². The Morgan fingerprint density at radius 1 is 0.960 bits per heavy atom. The van der Waals surface area contributed by atoms with Crippen molar-refractivity contribution in [3.63, 3.8) is 0 Å². The molecule has 6 nitrogen and oxygen atoms in total. The molecule has 1 aliphatic heterocycles. The molecule has 0 aliphatic carbocycles. The summed E-state index contributed by atoms with van der Waals surface area (Å²) in [5.74, 6) is 0.155. The SMILES string of the molecule is NCCCCOc1ccccc1C1(c2ccccc2)NC(=O)NC1=O. The molecule has 6 heteroatoms. The van der Waals surface area contributed by atoms with Crippen molar-refractivity contribution < 1.29 is 14.3 Å². The first-order valence-corrected chi connectivity index (χ1v) is 8.30. The maximum absolute atomic E-state index is 12.8. The van der Waals surface area contributed by atoms with Crippen LogP contribution in [0, 0.1) is 0 Å². The van der Waals surface area contributed by atoms with Gasteiger partial charge in [-0.3, -0.25) is 10.1 Å². The van der Waals surface area contributed by atoms with Crippen LogP contribution in [0.2, 0.25) is 0 Å². The van der Waals surface area contributed by atoms with Crippen LogP contribution < -0.4 is 21.1 Å². The third-order valence-corrected chi connectivity index (χ3v) is 4.22. The average molecular weight is 339 g/mol. The quantitative estimate of drug-likeness (QED) is 0.530. The molecule has 2 aromatic carbocycles. The molecule has 0 aromatic heterocycles. The predicted octanol–water partition coefficient (Wildman–Crippen LogP) is 1.89. The molecule has 0 radical (unpaired) electrons. The molecular weight excluding hydrogens is 318 g/mol. The van der Waals surface area contributed by atoms with Gasteiger partial charge in [0.2, 0.25) is 0 Å². The molecule has 1 unspecified atom stereocenters. The molecule has 0 bridgehead atoms. The molecular formula is C19H21N3O3. The van der Waals surface area contributed by atoms with Crippen LogP contribution >= 0.6 is 0 Å². The number of hydrogen-bond donors (Lipinski definition) is 3. The molecule has 1 aliphatic rings. The summed E-state index contributed by atoms with van der Waals surface area (Å²) in [5.41, 5.74) is 5.49. The van der Waals surface area contributed by atoms with Crippen molar-refractivity contribution in [1.82, 2.24) is 10.6 Å². The number of nitrogens with one attached hydrogen (secondary N) is 2. The Kier molecular flexibility index (Phi) is 5.00. The van der Waals surface area contributed by atoms with E-state index in [9.17, 15) is 9.59 Å². The Morgan fingerprint density at radius 3 is 2.36 bits per heavy atom. The molecule has 0 saturated carbocycles. The minimum Gasteiger partial charge on any atom is -0.493 e. The summed E-state index contributed by atoms with van der Waals surface area (Å²) in [7, 11) is 0. The third kappa shape index (κ3) is 3.21. The van der Waals surface area contributed by atoms with Crippen LogP contribution in [0.4, 0.5) is 4.79 Å². The molecule has 1 heterocycles. The Morgan fingerprint density at radius 2 is 1.68 bits per heavy atom. The van der Waals surface area contributed by atoms with Crippen molar-refractivity contribution in [2.24, 2.45) is 5.73 Å². The van der Waals surface area contributed by atoms with Crippen LogP contribution in [-0.4, -0.2) is 25.1 Å². The number of benzene rings is 2. The van der Waals surface area contributed by atoms with E-state index in [4.69, 9.17) is 10.5 Å². The van der Waals surface area contributed by atoms with Crippen LogP contribution in [-0.2, 0) is 10.3 Å². The van der Waals surface area contributed by atoms with Crippen molar-refractivity contribution in [2.45, 2.75) is 18.4 Å². The van der Waals surface area contributed by atoms with Gasteiger partial charge in [-0.25, -0.2) is 4.79 Å². The number of carbonyl (C=O) groups is 2. The number of nitrogens with two attached hydrogens (primary N) is 1. The standard InChI is InChI=1S/C19H21N3O3/c20-12-6-7-13-25-16-11-5-4-10-15(16)19(14-8-2-1-3-9-14)17(23)21-18(24)22-19/h1-5,8-11H,6-7,12-13,20H2,(H2,21,22,23,24). The Labute approximate surface area is 146 Å². The van der Waals surface area contributed by atoms with Crippen molar-refractivity contribution in [3.8, 4) is 5.75 Å². The molecule has 2 aromatic rings. The van der Waals surface area contributed by atoms with E-state index in [1.165, 1.54) is 0 Å². The molecule has 25 heavy (non-hydrogen) atoms. The Balaban J connectivity index is 2.04. The summed E-state index contributed by atoms with van der Waals surface area (Å²) in [4.78, 5) is 24.7. The van der Waals surface area contributed by atoms with Gasteiger partial charge >= 0.3 is 6.03 Å². The van der Waals surface area contributed by atoms with E-state index >= 15 is 0 Å². The predicted molar refractivity (Wildman–Crippen MR) is 94.1 cm³/mol. The highest BCUT2D eigenvalue weighted by Gasteiger charge is 2.50. The molecule has 4 N–H and O–H groups in total. The molecule has 1 saturated heterocycles. The van der Waals surface area contributed by atoms with E-state index < -0.39 is 17.5 Å². The number of imide groups is 1. The second-order valence-electron chi connectivity index (χ2n) is 5.86. The maximum atomic E-state index is 12.8. The minimum atomic E-state index is -1.30.